The monoisotopic (exact) mass is 360 g/mol. The van der Waals surface area contributed by atoms with Gasteiger partial charge in [-0.1, -0.05) is 11.6 Å². The van der Waals surface area contributed by atoms with Gasteiger partial charge in [0.05, 0.1) is 5.02 Å². The molecule has 0 aliphatic heterocycles. The molecule has 6 nitrogen and oxygen atoms in total. The molecule has 2 aromatic rings. The highest BCUT2D eigenvalue weighted by Crippen LogP contribution is 2.24. The summed E-state index contributed by atoms with van der Waals surface area (Å²) in [5, 5.41) is 4.07. The van der Waals surface area contributed by atoms with Crippen LogP contribution in [-0.2, 0) is 16.6 Å². The zero-order valence-electron chi connectivity index (χ0n) is 13.1. The highest BCUT2D eigenvalue weighted by molar-refractivity contribution is 7.89. The Morgan fingerprint density at radius 1 is 1.30 bits per heavy atom. The summed E-state index contributed by atoms with van der Waals surface area (Å²) in [4.78, 5) is 4.06. The van der Waals surface area contributed by atoms with Crippen LogP contribution in [0.1, 0.15) is 23.6 Å². The number of nitrogens with one attached hydrogen (secondary N) is 1. The zero-order valence-corrected chi connectivity index (χ0v) is 14.7. The quantitative estimate of drug-likeness (QED) is 0.802. The molecule has 0 aliphatic carbocycles. The second-order valence-corrected chi connectivity index (χ2v) is 7.36. The number of rotatable bonds is 6. The summed E-state index contributed by atoms with van der Waals surface area (Å²) in [5.41, 5.74) is 0.225. The van der Waals surface area contributed by atoms with E-state index in [4.69, 9.17) is 11.6 Å². The molecule has 1 N–H and O–H groups in total. The molecule has 0 spiro atoms. The molecule has 1 aromatic carbocycles. The van der Waals surface area contributed by atoms with Crippen LogP contribution in [0.2, 0.25) is 5.02 Å². The van der Waals surface area contributed by atoms with Crippen molar-refractivity contribution in [2.75, 3.05) is 6.54 Å². The second kappa shape index (κ2) is 6.94. The van der Waals surface area contributed by atoms with Crippen LogP contribution in [0.3, 0.4) is 0 Å². The number of benzene rings is 1. The van der Waals surface area contributed by atoms with Crippen LogP contribution < -0.4 is 4.72 Å². The SMILES string of the molecule is Cc1nc(C)n(CCCNS(=O)(=O)c2cc(C)c(F)cc2Cl)n1. The van der Waals surface area contributed by atoms with E-state index in [2.05, 4.69) is 14.8 Å². The van der Waals surface area contributed by atoms with Crippen LogP contribution in [0, 0.1) is 26.6 Å². The Morgan fingerprint density at radius 3 is 2.61 bits per heavy atom. The van der Waals surface area contributed by atoms with Crippen molar-refractivity contribution in [2.45, 2.75) is 38.6 Å². The molecule has 0 saturated heterocycles. The predicted octanol–water partition coefficient (Wildman–Crippen LogP) is 2.36. The van der Waals surface area contributed by atoms with Gasteiger partial charge in [-0.05, 0) is 44.9 Å². The molecule has 0 fully saturated rings. The van der Waals surface area contributed by atoms with Crippen molar-refractivity contribution in [2.24, 2.45) is 0 Å². The van der Waals surface area contributed by atoms with E-state index in [9.17, 15) is 12.8 Å². The van der Waals surface area contributed by atoms with Gasteiger partial charge in [0.25, 0.3) is 0 Å². The van der Waals surface area contributed by atoms with Gasteiger partial charge < -0.3 is 0 Å². The van der Waals surface area contributed by atoms with Crippen molar-refractivity contribution < 1.29 is 12.8 Å². The first-order valence-electron chi connectivity index (χ1n) is 7.04. The van der Waals surface area contributed by atoms with Crippen LogP contribution in [0.25, 0.3) is 0 Å². The number of hydrogen-bond acceptors (Lipinski definition) is 4. The standard InChI is InChI=1S/C14H18ClFN4O2S/c1-9-7-14(12(15)8-13(9)16)23(21,22)17-5-4-6-20-11(3)18-10(2)19-20/h7-8,17H,4-6H2,1-3H3. The summed E-state index contributed by atoms with van der Waals surface area (Å²) in [5.74, 6) is 0.921. The third kappa shape index (κ3) is 4.27. The highest BCUT2D eigenvalue weighted by Gasteiger charge is 2.19. The molecule has 0 radical (unpaired) electrons. The molecule has 23 heavy (non-hydrogen) atoms. The number of hydrogen-bond donors (Lipinski definition) is 1. The lowest BCUT2D eigenvalue weighted by Gasteiger charge is -2.10. The Hall–Kier alpha value is -1.51. The molecule has 0 amide bonds. The lowest BCUT2D eigenvalue weighted by Crippen LogP contribution is -2.26. The summed E-state index contributed by atoms with van der Waals surface area (Å²) >= 11 is 5.84. The Kier molecular flexibility index (Phi) is 5.38. The maximum Gasteiger partial charge on any atom is 0.242 e. The molecule has 0 bridgehead atoms. The lowest BCUT2D eigenvalue weighted by molar-refractivity contribution is 0.542. The minimum Gasteiger partial charge on any atom is -0.250 e. The summed E-state index contributed by atoms with van der Waals surface area (Å²) in [6.45, 7) is 5.88. The van der Waals surface area contributed by atoms with E-state index in [1.54, 1.807) is 11.6 Å². The molecule has 0 aliphatic rings. The van der Waals surface area contributed by atoms with E-state index in [-0.39, 0.29) is 22.0 Å². The van der Waals surface area contributed by atoms with Crippen molar-refractivity contribution in [1.82, 2.24) is 19.5 Å². The Bertz CT molecular complexity index is 820. The smallest absolute Gasteiger partial charge is 0.242 e. The fourth-order valence-corrected chi connectivity index (χ4v) is 3.79. The van der Waals surface area contributed by atoms with Gasteiger partial charge in [-0.15, -0.1) is 0 Å². The maximum absolute atomic E-state index is 13.4. The van der Waals surface area contributed by atoms with Gasteiger partial charge in [0.15, 0.2) is 0 Å². The minimum atomic E-state index is -3.78. The van der Waals surface area contributed by atoms with Gasteiger partial charge >= 0.3 is 0 Å². The molecule has 2 rings (SSSR count). The van der Waals surface area contributed by atoms with Crippen molar-refractivity contribution in [3.8, 4) is 0 Å². The van der Waals surface area contributed by atoms with E-state index in [0.717, 1.165) is 11.9 Å². The summed E-state index contributed by atoms with van der Waals surface area (Å²) in [6, 6.07) is 2.23. The Labute approximate surface area is 139 Å². The summed E-state index contributed by atoms with van der Waals surface area (Å²) < 4.78 is 42.0. The van der Waals surface area contributed by atoms with Gasteiger partial charge in [-0.3, -0.25) is 4.68 Å². The molecule has 1 heterocycles. The average Bonchev–Trinajstić information content (AvgIpc) is 2.77. The van der Waals surface area contributed by atoms with E-state index in [0.29, 0.717) is 18.8 Å². The number of aryl methyl sites for hydroxylation is 4. The van der Waals surface area contributed by atoms with E-state index < -0.39 is 15.8 Å². The minimum absolute atomic E-state index is 0.120. The largest absolute Gasteiger partial charge is 0.250 e. The number of aromatic nitrogens is 3. The molecular formula is C14H18ClFN4O2S. The fourth-order valence-electron chi connectivity index (χ4n) is 2.12. The van der Waals surface area contributed by atoms with Gasteiger partial charge in [0, 0.05) is 13.1 Å². The van der Waals surface area contributed by atoms with Gasteiger partial charge in [0.1, 0.15) is 22.4 Å². The molecule has 9 heteroatoms. The molecule has 0 saturated carbocycles. The molecule has 126 valence electrons. The van der Waals surface area contributed by atoms with Crippen molar-refractivity contribution in [3.05, 3.63) is 40.2 Å². The first-order chi connectivity index (χ1) is 10.7. The summed E-state index contributed by atoms with van der Waals surface area (Å²) in [7, 11) is -3.78. The maximum atomic E-state index is 13.4. The average molecular weight is 361 g/mol. The first-order valence-corrected chi connectivity index (χ1v) is 8.90. The number of nitrogens with zero attached hydrogens (tertiary/aromatic N) is 3. The van der Waals surface area contributed by atoms with Crippen LogP contribution in [-0.4, -0.2) is 29.7 Å². The fraction of sp³-hybridized carbons (Fsp3) is 0.429. The van der Waals surface area contributed by atoms with Crippen molar-refractivity contribution in [1.29, 1.82) is 0 Å². The molecule has 1 aromatic heterocycles. The molecule has 0 unspecified atom stereocenters. The van der Waals surface area contributed by atoms with E-state index in [1.165, 1.54) is 13.0 Å². The molecular weight excluding hydrogens is 343 g/mol. The normalized spacial score (nSPS) is 11.9. The Morgan fingerprint density at radius 2 is 2.00 bits per heavy atom. The zero-order chi connectivity index (χ0) is 17.2. The second-order valence-electron chi connectivity index (χ2n) is 5.21. The van der Waals surface area contributed by atoms with Crippen LogP contribution in [0.4, 0.5) is 4.39 Å². The van der Waals surface area contributed by atoms with Gasteiger partial charge in [0.2, 0.25) is 10.0 Å². The number of sulfonamides is 1. The van der Waals surface area contributed by atoms with Crippen molar-refractivity contribution in [3.63, 3.8) is 0 Å². The third-order valence-corrected chi connectivity index (χ3v) is 5.23. The van der Waals surface area contributed by atoms with Gasteiger partial charge in [-0.2, -0.15) is 5.10 Å². The van der Waals surface area contributed by atoms with Crippen molar-refractivity contribution >= 4 is 21.6 Å². The van der Waals surface area contributed by atoms with Crippen LogP contribution >= 0.6 is 11.6 Å². The lowest BCUT2D eigenvalue weighted by atomic mass is 10.2. The predicted molar refractivity (Wildman–Crippen MR) is 85.4 cm³/mol. The van der Waals surface area contributed by atoms with Crippen LogP contribution in [0.5, 0.6) is 0 Å². The van der Waals surface area contributed by atoms with E-state index >= 15 is 0 Å². The summed E-state index contributed by atoms with van der Waals surface area (Å²) in [6.07, 6.45) is 0.542. The van der Waals surface area contributed by atoms with E-state index in [1.807, 2.05) is 6.92 Å². The highest BCUT2D eigenvalue weighted by atomic mass is 35.5. The van der Waals surface area contributed by atoms with Gasteiger partial charge in [-0.25, -0.2) is 22.5 Å². The Balaban J connectivity index is 1.99. The topological polar surface area (TPSA) is 76.9 Å². The number of halogens is 2. The molecule has 0 atom stereocenters. The first kappa shape index (κ1) is 17.8. The third-order valence-electron chi connectivity index (χ3n) is 3.30. The van der Waals surface area contributed by atoms with Crippen LogP contribution in [0.15, 0.2) is 17.0 Å².